The van der Waals surface area contributed by atoms with Crippen LogP contribution in [0.15, 0.2) is 12.4 Å². The van der Waals surface area contributed by atoms with Gasteiger partial charge in [-0.05, 0) is 13.3 Å². The summed E-state index contributed by atoms with van der Waals surface area (Å²) in [4.78, 5) is 8.60. The number of halogens is 2. The van der Waals surface area contributed by atoms with Gasteiger partial charge in [0.25, 0.3) is 0 Å². The molecule has 0 saturated carbocycles. The fourth-order valence-electron chi connectivity index (χ4n) is 1.15. The molecule has 1 rings (SSSR count). The lowest BCUT2D eigenvalue weighted by atomic mass is 10.2. The molecule has 0 saturated heterocycles. The van der Waals surface area contributed by atoms with Crippen LogP contribution in [0.25, 0.3) is 0 Å². The van der Waals surface area contributed by atoms with Crippen LogP contribution in [0.3, 0.4) is 0 Å². The van der Waals surface area contributed by atoms with Crippen LogP contribution in [0.5, 0.6) is 0 Å². The first kappa shape index (κ1) is 11.7. The number of nitrogens with zero attached hydrogens (tertiary/aromatic N) is 2. The predicted molar refractivity (Wildman–Crippen MR) is 63.1 cm³/mol. The van der Waals surface area contributed by atoms with Crippen LogP contribution in [0, 0.1) is 0 Å². The van der Waals surface area contributed by atoms with E-state index in [-0.39, 0.29) is 0 Å². The second kappa shape index (κ2) is 5.51. The molecule has 0 aliphatic heterocycles. The van der Waals surface area contributed by atoms with Gasteiger partial charge < -0.3 is 5.32 Å². The third kappa shape index (κ3) is 4.24. The van der Waals surface area contributed by atoms with E-state index in [1.807, 2.05) is 0 Å². The molecule has 1 aromatic heterocycles. The summed E-state index contributed by atoms with van der Waals surface area (Å²) in [6.45, 7) is 4.20. The van der Waals surface area contributed by atoms with Crippen molar-refractivity contribution in [2.75, 3.05) is 5.32 Å². The summed E-state index contributed by atoms with van der Waals surface area (Å²) < 4.78 is 0. The van der Waals surface area contributed by atoms with E-state index in [1.54, 1.807) is 12.4 Å². The van der Waals surface area contributed by atoms with Crippen LogP contribution in [0.2, 0.25) is 5.02 Å². The van der Waals surface area contributed by atoms with Crippen LogP contribution >= 0.6 is 27.5 Å². The largest absolute Gasteiger partial charge is 0.352 e. The van der Waals surface area contributed by atoms with Gasteiger partial charge in [-0.15, -0.1) is 0 Å². The molecule has 1 N–H and O–H groups in total. The van der Waals surface area contributed by atoms with Gasteiger partial charge in [-0.2, -0.15) is 0 Å². The van der Waals surface area contributed by atoms with Crippen molar-refractivity contribution in [2.45, 2.75) is 31.1 Å². The Hall–Kier alpha value is -0.350. The summed E-state index contributed by atoms with van der Waals surface area (Å²) in [5.74, 6) is 0.620. The number of alkyl halides is 1. The van der Waals surface area contributed by atoms with Crippen LogP contribution in [0.4, 0.5) is 5.95 Å². The van der Waals surface area contributed by atoms with Crippen LogP contribution < -0.4 is 5.32 Å². The molecule has 0 amide bonds. The molecule has 14 heavy (non-hydrogen) atoms. The van der Waals surface area contributed by atoms with E-state index in [2.05, 4.69) is 45.1 Å². The van der Waals surface area contributed by atoms with Gasteiger partial charge in [0.2, 0.25) is 5.95 Å². The molecular formula is C9H13BrClN3. The first-order valence-corrected chi connectivity index (χ1v) is 5.75. The van der Waals surface area contributed by atoms with Crippen molar-refractivity contribution in [1.29, 1.82) is 0 Å². The zero-order valence-electron chi connectivity index (χ0n) is 8.17. The molecule has 3 nitrogen and oxygen atoms in total. The number of hydrogen-bond acceptors (Lipinski definition) is 3. The molecule has 78 valence electrons. The molecule has 2 atom stereocenters. The van der Waals surface area contributed by atoms with Gasteiger partial charge >= 0.3 is 0 Å². The summed E-state index contributed by atoms with van der Waals surface area (Å²) in [6.07, 6.45) is 4.19. The number of anilines is 1. The minimum absolute atomic E-state index is 0.338. The number of aromatic nitrogens is 2. The van der Waals surface area contributed by atoms with E-state index in [4.69, 9.17) is 11.6 Å². The number of hydrogen-bond donors (Lipinski definition) is 1. The van der Waals surface area contributed by atoms with Gasteiger partial charge in [0.1, 0.15) is 0 Å². The lowest BCUT2D eigenvalue weighted by molar-refractivity contribution is 0.701. The molecule has 0 spiro atoms. The molecule has 0 radical (unpaired) electrons. The molecule has 0 bridgehead atoms. The fourth-order valence-corrected chi connectivity index (χ4v) is 1.81. The monoisotopic (exact) mass is 277 g/mol. The molecule has 1 heterocycles. The SMILES string of the molecule is CC(Br)CC(C)Nc1ncc(Cl)cn1. The molecule has 2 unspecified atom stereocenters. The van der Waals surface area contributed by atoms with Crippen molar-refractivity contribution in [2.24, 2.45) is 0 Å². The van der Waals surface area contributed by atoms with Gasteiger partial charge in [0.05, 0.1) is 17.4 Å². The van der Waals surface area contributed by atoms with Crippen LogP contribution in [0.1, 0.15) is 20.3 Å². The van der Waals surface area contributed by atoms with Crippen LogP contribution in [-0.4, -0.2) is 20.8 Å². The Morgan fingerprint density at radius 1 is 1.43 bits per heavy atom. The van der Waals surface area contributed by atoms with E-state index in [0.29, 0.717) is 21.8 Å². The smallest absolute Gasteiger partial charge is 0.222 e. The minimum Gasteiger partial charge on any atom is -0.352 e. The van der Waals surface area contributed by atoms with E-state index in [1.165, 1.54) is 0 Å². The van der Waals surface area contributed by atoms with E-state index < -0.39 is 0 Å². The third-order valence-corrected chi connectivity index (χ3v) is 2.24. The lowest BCUT2D eigenvalue weighted by Gasteiger charge is -2.14. The Balaban J connectivity index is 2.47. The molecule has 5 heteroatoms. The number of rotatable bonds is 4. The molecule has 0 fully saturated rings. The summed E-state index contributed by atoms with van der Waals surface area (Å²) in [5.41, 5.74) is 0. The Kier molecular flexibility index (Phi) is 4.62. The average Bonchev–Trinajstić information content (AvgIpc) is 2.07. The van der Waals surface area contributed by atoms with E-state index >= 15 is 0 Å². The molecule has 0 aromatic carbocycles. The van der Waals surface area contributed by atoms with Crippen molar-refractivity contribution in [3.05, 3.63) is 17.4 Å². The molecule has 1 aromatic rings. The maximum absolute atomic E-state index is 5.67. The maximum Gasteiger partial charge on any atom is 0.222 e. The summed E-state index contributed by atoms with van der Waals surface area (Å²) in [6, 6.07) is 0.338. The van der Waals surface area contributed by atoms with Gasteiger partial charge in [0, 0.05) is 10.9 Å². The van der Waals surface area contributed by atoms with E-state index in [9.17, 15) is 0 Å². The Labute approximate surface area is 97.4 Å². The van der Waals surface area contributed by atoms with E-state index in [0.717, 1.165) is 6.42 Å². The lowest BCUT2D eigenvalue weighted by Crippen LogP contribution is -2.19. The van der Waals surface area contributed by atoms with Gasteiger partial charge in [-0.1, -0.05) is 34.5 Å². The van der Waals surface area contributed by atoms with Gasteiger partial charge in [0.15, 0.2) is 0 Å². The second-order valence-electron chi connectivity index (χ2n) is 3.29. The predicted octanol–water partition coefficient (Wildman–Crippen LogP) is 3.10. The fraction of sp³-hybridized carbons (Fsp3) is 0.556. The van der Waals surface area contributed by atoms with Crippen LogP contribution in [-0.2, 0) is 0 Å². The van der Waals surface area contributed by atoms with Gasteiger partial charge in [-0.25, -0.2) is 9.97 Å². The zero-order chi connectivity index (χ0) is 10.6. The number of nitrogens with one attached hydrogen (secondary N) is 1. The highest BCUT2D eigenvalue weighted by atomic mass is 79.9. The first-order chi connectivity index (χ1) is 6.58. The Morgan fingerprint density at radius 2 is 2.00 bits per heavy atom. The topological polar surface area (TPSA) is 37.8 Å². The summed E-state index contributed by atoms with van der Waals surface area (Å²) in [7, 11) is 0. The van der Waals surface area contributed by atoms with Crippen molar-refractivity contribution in [3.8, 4) is 0 Å². The second-order valence-corrected chi connectivity index (χ2v) is 5.29. The highest BCUT2D eigenvalue weighted by Crippen LogP contribution is 2.11. The van der Waals surface area contributed by atoms with Crippen molar-refractivity contribution >= 4 is 33.5 Å². The zero-order valence-corrected chi connectivity index (χ0v) is 10.5. The maximum atomic E-state index is 5.67. The highest BCUT2D eigenvalue weighted by molar-refractivity contribution is 9.09. The normalized spacial score (nSPS) is 14.9. The Bertz CT molecular complexity index is 276. The molecular weight excluding hydrogens is 265 g/mol. The quantitative estimate of drug-likeness (QED) is 0.860. The molecule has 0 aliphatic rings. The minimum atomic E-state index is 0.338. The van der Waals surface area contributed by atoms with Crippen molar-refractivity contribution in [3.63, 3.8) is 0 Å². The summed E-state index contributed by atoms with van der Waals surface area (Å²) in [5, 5.41) is 3.74. The molecule has 0 aliphatic carbocycles. The standard InChI is InChI=1S/C9H13BrClN3/c1-6(10)3-7(2)14-9-12-4-8(11)5-13-9/h4-7H,3H2,1-2H3,(H,12,13,14). The third-order valence-electron chi connectivity index (χ3n) is 1.67. The highest BCUT2D eigenvalue weighted by Gasteiger charge is 2.06. The average molecular weight is 279 g/mol. The first-order valence-electron chi connectivity index (χ1n) is 4.46. The van der Waals surface area contributed by atoms with Gasteiger partial charge in [-0.3, -0.25) is 0 Å². The Morgan fingerprint density at radius 3 is 2.50 bits per heavy atom. The van der Waals surface area contributed by atoms with Crippen molar-refractivity contribution < 1.29 is 0 Å². The summed E-state index contributed by atoms with van der Waals surface area (Å²) >= 11 is 9.17. The van der Waals surface area contributed by atoms with Crippen molar-refractivity contribution in [1.82, 2.24) is 9.97 Å².